The van der Waals surface area contributed by atoms with E-state index in [1.54, 1.807) is 42.0 Å². The standard InChI is InChI=1S/C22H23N5O3/c1-14-18(26-11-5-4-6-16(26)24-14)20(28)17-19(15-7-9-23-10-8-15)27(13-12-25(2)3)22(30)21(17)29/h4-11,19,28H,12-13H2,1-3H3/b20-17-. The lowest BCUT2D eigenvalue weighted by Crippen LogP contribution is -2.35. The second kappa shape index (κ2) is 7.72. The summed E-state index contributed by atoms with van der Waals surface area (Å²) >= 11 is 0. The average molecular weight is 405 g/mol. The van der Waals surface area contributed by atoms with Crippen LogP contribution >= 0.6 is 0 Å². The number of ketones is 1. The molecule has 1 aliphatic rings. The van der Waals surface area contributed by atoms with Gasteiger partial charge in [0.1, 0.15) is 11.3 Å². The summed E-state index contributed by atoms with van der Waals surface area (Å²) in [6, 6.07) is 8.31. The number of Topliss-reactive ketones (excluding diaryl/α,β-unsaturated/α-hetero) is 1. The van der Waals surface area contributed by atoms with Gasteiger partial charge in [-0.05, 0) is 50.8 Å². The zero-order chi connectivity index (χ0) is 21.4. The number of aromatic nitrogens is 3. The van der Waals surface area contributed by atoms with E-state index in [-0.39, 0.29) is 11.3 Å². The van der Waals surface area contributed by atoms with Crippen LogP contribution in [0.15, 0.2) is 54.5 Å². The largest absolute Gasteiger partial charge is 0.505 e. The molecule has 1 fully saturated rings. The topological polar surface area (TPSA) is 91.0 Å². The van der Waals surface area contributed by atoms with Gasteiger partial charge in [0, 0.05) is 31.7 Å². The summed E-state index contributed by atoms with van der Waals surface area (Å²) in [5.41, 5.74) is 2.43. The van der Waals surface area contributed by atoms with E-state index in [0.29, 0.717) is 30.1 Å². The molecule has 1 N–H and O–H groups in total. The van der Waals surface area contributed by atoms with Crippen LogP contribution in [0, 0.1) is 6.92 Å². The summed E-state index contributed by atoms with van der Waals surface area (Å²) in [6.45, 7) is 2.71. The normalized spacial score (nSPS) is 18.7. The number of carbonyl (C=O) groups is 2. The van der Waals surface area contributed by atoms with Crippen molar-refractivity contribution < 1.29 is 14.7 Å². The maximum Gasteiger partial charge on any atom is 0.295 e. The summed E-state index contributed by atoms with van der Waals surface area (Å²) in [4.78, 5) is 37.9. The van der Waals surface area contributed by atoms with Crippen LogP contribution in [0.2, 0.25) is 0 Å². The molecule has 1 amide bonds. The number of imidazole rings is 1. The van der Waals surface area contributed by atoms with Crippen molar-refractivity contribution in [2.45, 2.75) is 13.0 Å². The highest BCUT2D eigenvalue weighted by molar-refractivity contribution is 6.46. The first kappa shape index (κ1) is 19.8. The molecule has 4 rings (SSSR count). The van der Waals surface area contributed by atoms with Gasteiger partial charge in [-0.15, -0.1) is 0 Å². The number of rotatable bonds is 5. The van der Waals surface area contributed by atoms with Gasteiger partial charge in [0.15, 0.2) is 5.76 Å². The molecule has 0 aromatic carbocycles. The van der Waals surface area contributed by atoms with E-state index in [9.17, 15) is 14.7 Å². The van der Waals surface area contributed by atoms with Gasteiger partial charge in [-0.1, -0.05) is 6.07 Å². The molecule has 0 bridgehead atoms. The molecule has 1 aliphatic heterocycles. The summed E-state index contributed by atoms with van der Waals surface area (Å²) < 4.78 is 1.72. The van der Waals surface area contributed by atoms with Gasteiger partial charge in [-0.3, -0.25) is 19.0 Å². The van der Waals surface area contributed by atoms with Crippen molar-refractivity contribution in [1.82, 2.24) is 24.2 Å². The SMILES string of the molecule is Cc1nc2ccccn2c1/C(O)=C1/C(=O)C(=O)N(CCN(C)C)C1c1ccncc1. The molecule has 0 aliphatic carbocycles. The molecule has 1 atom stereocenters. The number of carbonyl (C=O) groups excluding carboxylic acids is 2. The summed E-state index contributed by atoms with van der Waals surface area (Å²) in [5, 5.41) is 11.3. The van der Waals surface area contributed by atoms with Gasteiger partial charge in [-0.2, -0.15) is 0 Å². The Kier molecular flexibility index (Phi) is 5.09. The zero-order valence-electron chi connectivity index (χ0n) is 17.1. The maximum atomic E-state index is 13.1. The van der Waals surface area contributed by atoms with Gasteiger partial charge in [0.2, 0.25) is 0 Å². The molecule has 154 valence electrons. The first-order chi connectivity index (χ1) is 14.4. The van der Waals surface area contributed by atoms with Gasteiger partial charge in [0.25, 0.3) is 11.7 Å². The first-order valence-electron chi connectivity index (χ1n) is 9.67. The number of pyridine rings is 2. The lowest BCUT2D eigenvalue weighted by molar-refractivity contribution is -0.140. The number of hydrogen-bond donors (Lipinski definition) is 1. The molecule has 0 spiro atoms. The number of hydrogen-bond acceptors (Lipinski definition) is 6. The fraction of sp³-hybridized carbons (Fsp3) is 0.273. The van der Waals surface area contributed by atoms with Crippen LogP contribution in [-0.2, 0) is 9.59 Å². The zero-order valence-corrected chi connectivity index (χ0v) is 17.1. The Bertz CT molecular complexity index is 1150. The highest BCUT2D eigenvalue weighted by Crippen LogP contribution is 2.39. The van der Waals surface area contributed by atoms with Crippen LogP contribution in [0.3, 0.4) is 0 Å². The van der Waals surface area contributed by atoms with Gasteiger partial charge in [-0.25, -0.2) is 4.98 Å². The van der Waals surface area contributed by atoms with Crippen LogP contribution in [0.25, 0.3) is 11.4 Å². The monoisotopic (exact) mass is 405 g/mol. The highest BCUT2D eigenvalue weighted by atomic mass is 16.3. The number of likely N-dealkylation sites (tertiary alicyclic amines) is 1. The summed E-state index contributed by atoms with van der Waals surface area (Å²) in [5.74, 6) is -1.54. The predicted octanol–water partition coefficient (Wildman–Crippen LogP) is 2.02. The number of amides is 1. The van der Waals surface area contributed by atoms with Crippen molar-refractivity contribution in [1.29, 1.82) is 0 Å². The number of aliphatic hydroxyl groups excluding tert-OH is 1. The highest BCUT2D eigenvalue weighted by Gasteiger charge is 2.46. The second-order valence-electron chi connectivity index (χ2n) is 7.55. The minimum atomic E-state index is -0.696. The Balaban J connectivity index is 1.92. The first-order valence-corrected chi connectivity index (χ1v) is 9.67. The Hall–Kier alpha value is -3.52. The van der Waals surface area contributed by atoms with Crippen molar-refractivity contribution in [3.05, 3.63) is 71.4 Å². The lowest BCUT2D eigenvalue weighted by atomic mass is 9.97. The lowest BCUT2D eigenvalue weighted by Gasteiger charge is -2.26. The minimum absolute atomic E-state index is 0.0682. The van der Waals surface area contributed by atoms with Crippen LogP contribution < -0.4 is 0 Å². The maximum absolute atomic E-state index is 13.1. The van der Waals surface area contributed by atoms with E-state index in [1.807, 2.05) is 37.2 Å². The summed E-state index contributed by atoms with van der Waals surface area (Å²) in [6.07, 6.45) is 5.00. The Morgan fingerprint density at radius 1 is 1.17 bits per heavy atom. The van der Waals surface area contributed by atoms with E-state index in [1.165, 1.54) is 4.90 Å². The third kappa shape index (κ3) is 3.25. The Morgan fingerprint density at radius 3 is 2.60 bits per heavy atom. The van der Waals surface area contributed by atoms with Gasteiger partial charge in [0.05, 0.1) is 17.3 Å². The van der Waals surface area contributed by atoms with E-state index in [4.69, 9.17) is 0 Å². The number of likely N-dealkylation sites (N-methyl/N-ethyl adjacent to an activating group) is 1. The predicted molar refractivity (Wildman–Crippen MR) is 112 cm³/mol. The van der Waals surface area contributed by atoms with Crippen molar-refractivity contribution in [3.8, 4) is 0 Å². The summed E-state index contributed by atoms with van der Waals surface area (Å²) in [7, 11) is 3.81. The quantitative estimate of drug-likeness (QED) is 0.397. The van der Waals surface area contributed by atoms with Crippen LogP contribution in [0.5, 0.6) is 0 Å². The van der Waals surface area contributed by atoms with E-state index in [0.717, 1.165) is 5.56 Å². The molecular weight excluding hydrogens is 382 g/mol. The fourth-order valence-electron chi connectivity index (χ4n) is 3.84. The van der Waals surface area contributed by atoms with Crippen molar-refractivity contribution in [2.24, 2.45) is 0 Å². The Morgan fingerprint density at radius 2 is 1.90 bits per heavy atom. The number of fused-ring (bicyclic) bond motifs is 1. The molecule has 3 aromatic rings. The van der Waals surface area contributed by atoms with Crippen molar-refractivity contribution >= 4 is 23.1 Å². The number of aliphatic hydroxyl groups is 1. The van der Waals surface area contributed by atoms with Crippen LogP contribution in [0.4, 0.5) is 0 Å². The molecule has 0 saturated carbocycles. The van der Waals surface area contributed by atoms with Crippen molar-refractivity contribution in [3.63, 3.8) is 0 Å². The minimum Gasteiger partial charge on any atom is -0.505 e. The molecule has 1 saturated heterocycles. The molecule has 8 heteroatoms. The second-order valence-corrected chi connectivity index (χ2v) is 7.55. The van der Waals surface area contributed by atoms with E-state index < -0.39 is 17.7 Å². The molecule has 0 radical (unpaired) electrons. The molecule has 3 aromatic heterocycles. The molecule has 8 nitrogen and oxygen atoms in total. The van der Waals surface area contributed by atoms with Crippen LogP contribution in [0.1, 0.15) is 23.0 Å². The van der Waals surface area contributed by atoms with Gasteiger partial charge < -0.3 is 14.9 Å². The molecule has 30 heavy (non-hydrogen) atoms. The third-order valence-corrected chi connectivity index (χ3v) is 5.28. The van der Waals surface area contributed by atoms with Gasteiger partial charge >= 0.3 is 0 Å². The Labute approximate surface area is 174 Å². The molecule has 1 unspecified atom stereocenters. The molecule has 4 heterocycles. The average Bonchev–Trinajstić information content (AvgIpc) is 3.20. The van der Waals surface area contributed by atoms with Crippen LogP contribution in [-0.4, -0.2) is 68.2 Å². The number of nitrogens with zero attached hydrogens (tertiary/aromatic N) is 5. The molecular formula is C22H23N5O3. The fourth-order valence-corrected chi connectivity index (χ4v) is 3.84. The van der Waals surface area contributed by atoms with Crippen molar-refractivity contribution in [2.75, 3.05) is 27.2 Å². The van der Waals surface area contributed by atoms with E-state index in [2.05, 4.69) is 9.97 Å². The smallest absolute Gasteiger partial charge is 0.295 e. The van der Waals surface area contributed by atoms with E-state index >= 15 is 0 Å². The number of aryl methyl sites for hydroxylation is 1. The third-order valence-electron chi connectivity index (χ3n) is 5.28.